The van der Waals surface area contributed by atoms with Gasteiger partial charge >= 0.3 is 0 Å². The molecule has 0 N–H and O–H groups in total. The Hall–Kier alpha value is -3.32. The molecule has 172 valence electrons. The van der Waals surface area contributed by atoms with Crippen molar-refractivity contribution in [2.75, 3.05) is 31.0 Å². The fourth-order valence-electron chi connectivity index (χ4n) is 3.97. The summed E-state index contributed by atoms with van der Waals surface area (Å²) in [5.74, 6) is 2.36. The Bertz CT molecular complexity index is 1150. The number of carbonyl (C=O) groups excluding carboxylic acids is 1. The number of anilines is 2. The molecule has 0 spiro atoms. The van der Waals surface area contributed by atoms with E-state index in [1.165, 1.54) is 0 Å². The average Bonchev–Trinajstić information content (AvgIpc) is 2.78. The van der Waals surface area contributed by atoms with Gasteiger partial charge in [-0.1, -0.05) is 23.7 Å². The summed E-state index contributed by atoms with van der Waals surface area (Å²) in [4.78, 5) is 26.0. The molecular weight excluding hydrogens is 440 g/mol. The highest BCUT2D eigenvalue weighted by atomic mass is 35.5. The molecule has 1 aliphatic heterocycles. The predicted molar refractivity (Wildman–Crippen MR) is 130 cm³/mol. The maximum Gasteiger partial charge on any atom is 0.233 e. The Labute approximate surface area is 198 Å². The number of rotatable bonds is 6. The number of benzene rings is 2. The van der Waals surface area contributed by atoms with Gasteiger partial charge < -0.3 is 14.4 Å². The van der Waals surface area contributed by atoms with Crippen molar-refractivity contribution in [2.24, 2.45) is 0 Å². The third-order valence-corrected chi connectivity index (χ3v) is 5.72. The number of methoxy groups -OCH3 is 1. The fraction of sp³-hybridized carbons (Fsp3) is 0.320. The van der Waals surface area contributed by atoms with Gasteiger partial charge in [0, 0.05) is 19.1 Å². The molecule has 4 rings (SSSR count). The van der Waals surface area contributed by atoms with E-state index in [0.717, 1.165) is 16.7 Å². The number of nitrogens with zero attached hydrogens (tertiary/aromatic N) is 4. The number of hydrogen-bond donors (Lipinski definition) is 0. The number of aromatic nitrogens is 2. The van der Waals surface area contributed by atoms with Crippen LogP contribution in [-0.4, -0.2) is 43.2 Å². The lowest BCUT2D eigenvalue weighted by molar-refractivity contribution is -0.118. The summed E-state index contributed by atoms with van der Waals surface area (Å²) < 4.78 is 11.6. The molecule has 0 saturated heterocycles. The Kier molecular flexibility index (Phi) is 6.42. The van der Waals surface area contributed by atoms with Gasteiger partial charge in [-0.25, -0.2) is 9.97 Å². The molecule has 0 saturated carbocycles. The maximum absolute atomic E-state index is 13.4. The van der Waals surface area contributed by atoms with Crippen molar-refractivity contribution >= 4 is 29.1 Å². The van der Waals surface area contributed by atoms with Crippen LogP contribution in [0.1, 0.15) is 36.6 Å². The molecule has 1 amide bonds. The molecule has 33 heavy (non-hydrogen) atoms. The molecule has 0 bridgehead atoms. The molecule has 0 aliphatic carbocycles. The van der Waals surface area contributed by atoms with Gasteiger partial charge in [-0.3, -0.25) is 9.69 Å². The Balaban J connectivity index is 1.89. The summed E-state index contributed by atoms with van der Waals surface area (Å²) in [6.45, 7) is 3.93. The standard InChI is InChI=1S/C25H27ClN4O3/c1-15(2)33-21-12-19-17(10-20(21)32-5)11-24(31)30(23-14-27-22(13-28-23)29(3)4)25(19)16-6-8-18(26)9-7-16/h6-10,12-15,25H,11H2,1-5H3. The Morgan fingerprint density at radius 3 is 2.39 bits per heavy atom. The first-order chi connectivity index (χ1) is 15.8. The first kappa shape index (κ1) is 22.9. The zero-order chi connectivity index (χ0) is 23.7. The van der Waals surface area contributed by atoms with Crippen LogP contribution in [-0.2, 0) is 11.2 Å². The quantitative estimate of drug-likeness (QED) is 0.526. The molecule has 7 nitrogen and oxygen atoms in total. The Morgan fingerprint density at radius 2 is 1.82 bits per heavy atom. The van der Waals surface area contributed by atoms with Crippen LogP contribution in [0.4, 0.5) is 11.6 Å². The van der Waals surface area contributed by atoms with Crippen molar-refractivity contribution < 1.29 is 14.3 Å². The van der Waals surface area contributed by atoms with Gasteiger partial charge in [-0.15, -0.1) is 0 Å². The largest absolute Gasteiger partial charge is 0.493 e. The summed E-state index contributed by atoms with van der Waals surface area (Å²) in [5, 5.41) is 0.626. The van der Waals surface area contributed by atoms with Crippen LogP contribution < -0.4 is 19.3 Å². The average molecular weight is 467 g/mol. The van der Waals surface area contributed by atoms with Crippen LogP contribution in [0, 0.1) is 0 Å². The minimum absolute atomic E-state index is 0.0308. The van der Waals surface area contributed by atoms with Crippen LogP contribution in [0.2, 0.25) is 5.02 Å². The van der Waals surface area contributed by atoms with Crippen LogP contribution in [0.25, 0.3) is 0 Å². The highest BCUT2D eigenvalue weighted by Crippen LogP contribution is 2.43. The van der Waals surface area contributed by atoms with Gasteiger partial charge in [0.05, 0.1) is 38.1 Å². The van der Waals surface area contributed by atoms with Gasteiger partial charge in [-0.05, 0) is 54.8 Å². The fourth-order valence-corrected chi connectivity index (χ4v) is 4.09. The van der Waals surface area contributed by atoms with Crippen LogP contribution in [0.5, 0.6) is 11.5 Å². The van der Waals surface area contributed by atoms with Gasteiger partial charge in [-0.2, -0.15) is 0 Å². The molecule has 3 aromatic rings. The first-order valence-electron chi connectivity index (χ1n) is 10.7. The van der Waals surface area contributed by atoms with Crippen molar-refractivity contribution in [3.05, 3.63) is 70.5 Å². The van der Waals surface area contributed by atoms with Gasteiger partial charge in [0.25, 0.3) is 0 Å². The normalized spacial score (nSPS) is 15.4. The van der Waals surface area contributed by atoms with E-state index in [-0.39, 0.29) is 18.4 Å². The molecule has 8 heteroatoms. The molecule has 1 atom stereocenters. The zero-order valence-electron chi connectivity index (χ0n) is 19.4. The second kappa shape index (κ2) is 9.27. The Morgan fingerprint density at radius 1 is 1.09 bits per heavy atom. The van der Waals surface area contributed by atoms with E-state index < -0.39 is 6.04 Å². The number of ether oxygens (including phenoxy) is 2. The van der Waals surface area contributed by atoms with Gasteiger partial charge in [0.15, 0.2) is 17.3 Å². The van der Waals surface area contributed by atoms with Crippen LogP contribution in [0.3, 0.4) is 0 Å². The molecule has 2 heterocycles. The lowest BCUT2D eigenvalue weighted by Gasteiger charge is -2.37. The van der Waals surface area contributed by atoms with E-state index in [1.54, 1.807) is 24.4 Å². The lowest BCUT2D eigenvalue weighted by Crippen LogP contribution is -2.41. The van der Waals surface area contributed by atoms with Crippen molar-refractivity contribution in [2.45, 2.75) is 32.4 Å². The number of hydrogen-bond acceptors (Lipinski definition) is 6. The monoisotopic (exact) mass is 466 g/mol. The first-order valence-corrected chi connectivity index (χ1v) is 11.1. The number of halogens is 1. The number of amides is 1. The minimum Gasteiger partial charge on any atom is -0.493 e. The van der Waals surface area contributed by atoms with Crippen LogP contribution >= 0.6 is 11.6 Å². The predicted octanol–water partition coefficient (Wildman–Crippen LogP) is 4.67. The van der Waals surface area contributed by atoms with E-state index in [9.17, 15) is 4.79 Å². The summed E-state index contributed by atoms with van der Waals surface area (Å²) in [5.41, 5.74) is 2.75. The number of fused-ring (bicyclic) bond motifs is 1. The SMILES string of the molecule is COc1cc2c(cc1OC(C)C)C(c1ccc(Cl)cc1)N(c1cnc(N(C)C)cn1)C(=O)C2. The smallest absolute Gasteiger partial charge is 0.233 e. The lowest BCUT2D eigenvalue weighted by atomic mass is 9.87. The topological polar surface area (TPSA) is 67.8 Å². The van der Waals surface area contributed by atoms with E-state index in [4.69, 9.17) is 21.1 Å². The van der Waals surface area contributed by atoms with E-state index in [2.05, 4.69) is 9.97 Å². The number of carbonyl (C=O) groups is 1. The zero-order valence-corrected chi connectivity index (χ0v) is 20.1. The summed E-state index contributed by atoms with van der Waals surface area (Å²) in [6, 6.07) is 10.9. The maximum atomic E-state index is 13.4. The molecule has 1 unspecified atom stereocenters. The third kappa shape index (κ3) is 4.59. The van der Waals surface area contributed by atoms with Gasteiger partial charge in [0.2, 0.25) is 5.91 Å². The minimum atomic E-state index is -0.418. The summed E-state index contributed by atoms with van der Waals surface area (Å²) >= 11 is 6.16. The molecule has 0 fully saturated rings. The van der Waals surface area contributed by atoms with E-state index in [1.807, 2.05) is 69.2 Å². The molecule has 0 radical (unpaired) electrons. The van der Waals surface area contributed by atoms with Crippen molar-refractivity contribution in [1.82, 2.24) is 9.97 Å². The molecular formula is C25H27ClN4O3. The van der Waals surface area contributed by atoms with Crippen molar-refractivity contribution in [1.29, 1.82) is 0 Å². The van der Waals surface area contributed by atoms with Crippen molar-refractivity contribution in [3.8, 4) is 11.5 Å². The summed E-state index contributed by atoms with van der Waals surface area (Å²) in [6.07, 6.45) is 3.49. The molecule has 1 aromatic heterocycles. The summed E-state index contributed by atoms with van der Waals surface area (Å²) in [7, 11) is 5.39. The second-order valence-electron chi connectivity index (χ2n) is 8.39. The molecule has 1 aliphatic rings. The molecule has 2 aromatic carbocycles. The van der Waals surface area contributed by atoms with E-state index in [0.29, 0.717) is 28.2 Å². The second-order valence-corrected chi connectivity index (χ2v) is 8.83. The van der Waals surface area contributed by atoms with Gasteiger partial charge in [0.1, 0.15) is 5.82 Å². The highest BCUT2D eigenvalue weighted by molar-refractivity contribution is 6.30. The van der Waals surface area contributed by atoms with Crippen molar-refractivity contribution in [3.63, 3.8) is 0 Å². The van der Waals surface area contributed by atoms with E-state index >= 15 is 0 Å². The van der Waals surface area contributed by atoms with Crippen LogP contribution in [0.15, 0.2) is 48.8 Å². The highest BCUT2D eigenvalue weighted by Gasteiger charge is 2.37. The third-order valence-electron chi connectivity index (χ3n) is 5.47.